The van der Waals surface area contributed by atoms with Crippen LogP contribution in [0, 0.1) is 6.92 Å². The van der Waals surface area contributed by atoms with E-state index in [1.54, 1.807) is 6.08 Å². The number of aromatic nitrogens is 2. The summed E-state index contributed by atoms with van der Waals surface area (Å²) < 4.78 is 0. The number of rotatable bonds is 2. The lowest BCUT2D eigenvalue weighted by molar-refractivity contribution is 1.19. The Kier molecular flexibility index (Phi) is 3.17. The van der Waals surface area contributed by atoms with Crippen LogP contribution in [0.4, 0.5) is 0 Å². The van der Waals surface area contributed by atoms with Crippen LogP contribution in [0.25, 0.3) is 23.2 Å². The minimum absolute atomic E-state index is 0.174. The van der Waals surface area contributed by atoms with Gasteiger partial charge in [0, 0.05) is 0 Å². The van der Waals surface area contributed by atoms with Gasteiger partial charge >= 0.3 is 0 Å². The topological polar surface area (TPSA) is 45.8 Å². The summed E-state index contributed by atoms with van der Waals surface area (Å²) in [7, 11) is 0. The van der Waals surface area contributed by atoms with Crippen LogP contribution in [-0.4, -0.2) is 9.97 Å². The molecule has 3 aromatic rings. The van der Waals surface area contributed by atoms with Crippen molar-refractivity contribution in [2.24, 2.45) is 0 Å². The summed E-state index contributed by atoms with van der Waals surface area (Å²) in [6.07, 6.45) is 3.64. The number of hydrogen-bond acceptors (Lipinski definition) is 2. The van der Waals surface area contributed by atoms with Crippen LogP contribution in [0.5, 0.6) is 0 Å². The molecule has 0 saturated carbocycles. The maximum Gasteiger partial charge on any atom is 0.274 e. The number of H-pyrrole nitrogens is 1. The van der Waals surface area contributed by atoms with E-state index < -0.39 is 0 Å². The molecule has 0 aliphatic heterocycles. The van der Waals surface area contributed by atoms with Gasteiger partial charge in [0.2, 0.25) is 0 Å². The fourth-order valence-electron chi connectivity index (χ4n) is 2.01. The first-order chi connectivity index (χ1) is 9.72. The molecule has 0 fully saturated rings. The van der Waals surface area contributed by atoms with Crippen molar-refractivity contribution in [3.8, 4) is 0 Å². The third-order valence-electron chi connectivity index (χ3n) is 3.14. The number of benzene rings is 2. The molecule has 0 bridgehead atoms. The number of aryl methyl sites for hydroxylation is 1. The molecule has 0 saturated heterocycles. The van der Waals surface area contributed by atoms with E-state index in [1.165, 1.54) is 5.56 Å². The fourth-order valence-corrected chi connectivity index (χ4v) is 2.01. The second-order valence-corrected chi connectivity index (χ2v) is 4.71. The largest absolute Gasteiger partial charge is 0.319 e. The van der Waals surface area contributed by atoms with Gasteiger partial charge in [0.25, 0.3) is 5.56 Å². The summed E-state index contributed by atoms with van der Waals surface area (Å²) in [6.45, 7) is 2.04. The van der Waals surface area contributed by atoms with Crippen LogP contribution in [0.2, 0.25) is 0 Å². The summed E-state index contributed by atoms with van der Waals surface area (Å²) in [5, 5.41) is 0. The molecule has 1 heterocycles. The summed E-state index contributed by atoms with van der Waals surface area (Å²) in [5.41, 5.74) is 4.05. The highest BCUT2D eigenvalue weighted by Gasteiger charge is 2.00. The Labute approximate surface area is 116 Å². The highest BCUT2D eigenvalue weighted by atomic mass is 16.1. The number of hydrogen-bond donors (Lipinski definition) is 1. The fraction of sp³-hybridized carbons (Fsp3) is 0.0588. The number of fused-ring (bicyclic) bond motifs is 1. The molecule has 0 spiro atoms. The van der Waals surface area contributed by atoms with Crippen LogP contribution < -0.4 is 5.56 Å². The van der Waals surface area contributed by atoms with E-state index in [0.29, 0.717) is 5.69 Å². The average Bonchev–Trinajstić information content (AvgIpc) is 2.47. The molecule has 0 radical (unpaired) electrons. The Hall–Kier alpha value is -2.68. The van der Waals surface area contributed by atoms with E-state index >= 15 is 0 Å². The molecule has 3 rings (SSSR count). The van der Waals surface area contributed by atoms with Crippen LogP contribution in [-0.2, 0) is 0 Å². The predicted molar refractivity (Wildman–Crippen MR) is 82.5 cm³/mol. The monoisotopic (exact) mass is 262 g/mol. The van der Waals surface area contributed by atoms with E-state index in [-0.39, 0.29) is 5.56 Å². The number of aromatic amines is 1. The zero-order valence-corrected chi connectivity index (χ0v) is 11.1. The SMILES string of the molecule is Cc1ccc(C=Cc2nc3ccccc3[nH]c2=O)cc1. The van der Waals surface area contributed by atoms with Crippen molar-refractivity contribution in [1.29, 1.82) is 0 Å². The van der Waals surface area contributed by atoms with Gasteiger partial charge in [-0.1, -0.05) is 48.0 Å². The summed E-state index contributed by atoms with van der Waals surface area (Å²) in [4.78, 5) is 19.2. The van der Waals surface area contributed by atoms with Gasteiger partial charge in [-0.25, -0.2) is 4.98 Å². The highest BCUT2D eigenvalue weighted by Crippen LogP contribution is 2.09. The van der Waals surface area contributed by atoms with Crippen molar-refractivity contribution in [2.75, 3.05) is 0 Å². The van der Waals surface area contributed by atoms with Crippen molar-refractivity contribution in [3.63, 3.8) is 0 Å². The van der Waals surface area contributed by atoms with Crippen molar-refractivity contribution in [2.45, 2.75) is 6.92 Å². The van der Waals surface area contributed by atoms with E-state index in [2.05, 4.69) is 9.97 Å². The summed E-state index contributed by atoms with van der Waals surface area (Å²) in [5.74, 6) is 0. The molecule has 3 nitrogen and oxygen atoms in total. The minimum Gasteiger partial charge on any atom is -0.319 e. The van der Waals surface area contributed by atoms with Gasteiger partial charge in [-0.15, -0.1) is 0 Å². The molecule has 0 atom stereocenters. The Bertz CT molecular complexity index is 829. The maximum atomic E-state index is 11.9. The second kappa shape index (κ2) is 5.13. The average molecular weight is 262 g/mol. The summed E-state index contributed by atoms with van der Waals surface area (Å²) in [6, 6.07) is 15.6. The van der Waals surface area contributed by atoms with E-state index in [4.69, 9.17) is 0 Å². The van der Waals surface area contributed by atoms with Crippen LogP contribution in [0.3, 0.4) is 0 Å². The first-order valence-corrected chi connectivity index (χ1v) is 6.46. The van der Waals surface area contributed by atoms with Crippen molar-refractivity contribution in [3.05, 3.63) is 75.7 Å². The number of nitrogens with zero attached hydrogens (tertiary/aromatic N) is 1. The summed E-state index contributed by atoms with van der Waals surface area (Å²) >= 11 is 0. The zero-order chi connectivity index (χ0) is 13.9. The molecule has 0 aliphatic rings. The quantitative estimate of drug-likeness (QED) is 0.769. The molecule has 98 valence electrons. The smallest absolute Gasteiger partial charge is 0.274 e. The molecule has 1 aromatic heterocycles. The Morgan fingerprint density at radius 1 is 1.00 bits per heavy atom. The van der Waals surface area contributed by atoms with E-state index in [9.17, 15) is 4.79 Å². The van der Waals surface area contributed by atoms with Crippen LogP contribution in [0.15, 0.2) is 53.3 Å². The third kappa shape index (κ3) is 2.52. The lowest BCUT2D eigenvalue weighted by Gasteiger charge is -1.98. The van der Waals surface area contributed by atoms with Crippen molar-refractivity contribution in [1.82, 2.24) is 9.97 Å². The minimum atomic E-state index is -0.174. The normalized spacial score (nSPS) is 11.2. The molecular weight excluding hydrogens is 248 g/mol. The predicted octanol–water partition coefficient (Wildman–Crippen LogP) is 3.40. The Morgan fingerprint density at radius 2 is 1.75 bits per heavy atom. The van der Waals surface area contributed by atoms with Crippen molar-refractivity contribution >= 4 is 23.2 Å². The van der Waals surface area contributed by atoms with E-state index in [0.717, 1.165) is 16.6 Å². The van der Waals surface area contributed by atoms with E-state index in [1.807, 2.05) is 61.5 Å². The van der Waals surface area contributed by atoms with Gasteiger partial charge in [0.15, 0.2) is 0 Å². The van der Waals surface area contributed by atoms with Crippen molar-refractivity contribution < 1.29 is 0 Å². The zero-order valence-electron chi connectivity index (χ0n) is 11.1. The van der Waals surface area contributed by atoms with Crippen LogP contribution >= 0.6 is 0 Å². The molecule has 2 aromatic carbocycles. The molecule has 1 N–H and O–H groups in total. The van der Waals surface area contributed by atoms with Gasteiger partial charge in [-0.3, -0.25) is 4.79 Å². The molecule has 20 heavy (non-hydrogen) atoms. The van der Waals surface area contributed by atoms with Gasteiger partial charge < -0.3 is 4.98 Å². The highest BCUT2D eigenvalue weighted by molar-refractivity contribution is 5.76. The maximum absolute atomic E-state index is 11.9. The van der Waals surface area contributed by atoms with Crippen LogP contribution in [0.1, 0.15) is 16.8 Å². The molecule has 0 aliphatic carbocycles. The first kappa shape index (κ1) is 12.4. The van der Waals surface area contributed by atoms with Gasteiger partial charge in [-0.2, -0.15) is 0 Å². The number of para-hydroxylation sites is 2. The first-order valence-electron chi connectivity index (χ1n) is 6.46. The van der Waals surface area contributed by atoms with Gasteiger partial charge in [0.05, 0.1) is 11.0 Å². The molecular formula is C17H14N2O. The molecule has 0 amide bonds. The van der Waals surface area contributed by atoms with Gasteiger partial charge in [-0.05, 0) is 30.7 Å². The Morgan fingerprint density at radius 3 is 2.55 bits per heavy atom. The number of nitrogens with one attached hydrogen (secondary N) is 1. The molecule has 0 unspecified atom stereocenters. The Balaban J connectivity index is 2.00. The van der Waals surface area contributed by atoms with Gasteiger partial charge in [0.1, 0.15) is 5.69 Å². The second-order valence-electron chi connectivity index (χ2n) is 4.71. The lowest BCUT2D eigenvalue weighted by Crippen LogP contribution is -2.11. The lowest BCUT2D eigenvalue weighted by atomic mass is 10.1. The standard InChI is InChI=1S/C17H14N2O/c1-12-6-8-13(9-7-12)10-11-16-17(20)19-15-5-3-2-4-14(15)18-16/h2-11H,1H3,(H,19,20). The molecule has 3 heteroatoms. The third-order valence-corrected chi connectivity index (χ3v) is 3.14.